The van der Waals surface area contributed by atoms with Gasteiger partial charge in [-0.1, -0.05) is 12.1 Å². The summed E-state index contributed by atoms with van der Waals surface area (Å²) < 4.78 is 26.4. The van der Waals surface area contributed by atoms with Gasteiger partial charge in [0.25, 0.3) is 0 Å². The first kappa shape index (κ1) is 16.9. The molecule has 0 aliphatic rings. The monoisotopic (exact) mass is 318 g/mol. The Balaban J connectivity index is 2.62. The highest BCUT2D eigenvalue weighted by Crippen LogP contribution is 2.11. The predicted octanol–water partition coefficient (Wildman–Crippen LogP) is 1.22. The summed E-state index contributed by atoms with van der Waals surface area (Å²) in [7, 11) is -0.304. The number of hydrogen-bond donors (Lipinski definition) is 1. The van der Waals surface area contributed by atoms with Crippen LogP contribution in [0.1, 0.15) is 12.0 Å². The summed E-state index contributed by atoms with van der Waals surface area (Å²) in [6.07, 6.45) is 0.837. The van der Waals surface area contributed by atoms with E-state index < -0.39 is 10.0 Å². The van der Waals surface area contributed by atoms with Gasteiger partial charge in [-0.15, -0.1) is 11.6 Å². The summed E-state index contributed by atoms with van der Waals surface area (Å²) in [5.74, 6) is 0.377. The van der Waals surface area contributed by atoms with Gasteiger partial charge in [0.15, 0.2) is 0 Å². The molecule has 0 spiro atoms. The fraction of sp³-hybridized carbons (Fsp3) is 0.462. The van der Waals surface area contributed by atoms with Gasteiger partial charge in [-0.3, -0.25) is 4.79 Å². The van der Waals surface area contributed by atoms with E-state index in [2.05, 4.69) is 4.72 Å². The first-order valence-electron chi connectivity index (χ1n) is 6.21. The van der Waals surface area contributed by atoms with Gasteiger partial charge in [-0.2, -0.15) is 0 Å². The molecule has 5 nitrogen and oxygen atoms in total. The number of sulfonamides is 1. The van der Waals surface area contributed by atoms with E-state index in [4.69, 9.17) is 11.6 Å². The summed E-state index contributed by atoms with van der Waals surface area (Å²) in [5, 5.41) is 0. The van der Waals surface area contributed by atoms with Crippen LogP contribution < -0.4 is 4.72 Å². The van der Waals surface area contributed by atoms with E-state index in [-0.39, 0.29) is 23.8 Å². The second kappa shape index (κ2) is 7.61. The van der Waals surface area contributed by atoms with Gasteiger partial charge in [0.2, 0.25) is 15.9 Å². The van der Waals surface area contributed by atoms with Crippen LogP contribution in [0.5, 0.6) is 0 Å². The maximum Gasteiger partial charge on any atom is 0.240 e. The molecule has 0 saturated heterocycles. The van der Waals surface area contributed by atoms with E-state index >= 15 is 0 Å². The van der Waals surface area contributed by atoms with Crippen molar-refractivity contribution in [3.8, 4) is 0 Å². The molecule has 112 valence electrons. The van der Waals surface area contributed by atoms with E-state index in [1.54, 1.807) is 26.2 Å². The zero-order valence-electron chi connectivity index (χ0n) is 11.6. The molecule has 1 N–H and O–H groups in total. The van der Waals surface area contributed by atoms with Crippen molar-refractivity contribution in [3.63, 3.8) is 0 Å². The first-order chi connectivity index (χ1) is 9.36. The number of halogens is 1. The number of benzene rings is 1. The van der Waals surface area contributed by atoms with Crippen molar-refractivity contribution in [1.29, 1.82) is 0 Å². The highest BCUT2D eigenvalue weighted by atomic mass is 35.5. The smallest absolute Gasteiger partial charge is 0.240 e. The Labute approximate surface area is 125 Å². The third-order valence-electron chi connectivity index (χ3n) is 2.75. The van der Waals surface area contributed by atoms with Gasteiger partial charge in [0.1, 0.15) is 0 Å². The topological polar surface area (TPSA) is 66.5 Å². The Morgan fingerprint density at radius 3 is 2.35 bits per heavy atom. The van der Waals surface area contributed by atoms with Crippen molar-refractivity contribution in [3.05, 3.63) is 29.8 Å². The summed E-state index contributed by atoms with van der Waals surface area (Å²) in [6, 6.07) is 6.56. The fourth-order valence-corrected chi connectivity index (χ4v) is 2.79. The van der Waals surface area contributed by atoms with E-state index in [0.29, 0.717) is 12.3 Å². The summed E-state index contributed by atoms with van der Waals surface area (Å²) in [4.78, 5) is 13.0. The molecule has 1 aromatic carbocycles. The molecular weight excluding hydrogens is 300 g/mol. The number of alkyl halides is 1. The number of hydrogen-bond acceptors (Lipinski definition) is 3. The average Bonchev–Trinajstić information content (AvgIpc) is 2.39. The maximum atomic E-state index is 12.0. The number of nitrogens with one attached hydrogen (secondary N) is 1. The molecule has 0 bridgehead atoms. The molecule has 0 aliphatic heterocycles. The second-order valence-corrected chi connectivity index (χ2v) is 6.66. The van der Waals surface area contributed by atoms with E-state index in [0.717, 1.165) is 5.56 Å². The number of amides is 1. The lowest BCUT2D eigenvalue weighted by Crippen LogP contribution is -2.30. The lowest BCUT2D eigenvalue weighted by atomic mass is 10.2. The molecule has 0 radical (unpaired) electrons. The van der Waals surface area contributed by atoms with Crippen molar-refractivity contribution >= 4 is 27.5 Å². The lowest BCUT2D eigenvalue weighted by molar-refractivity contribution is -0.128. The zero-order chi connectivity index (χ0) is 15.2. The van der Waals surface area contributed by atoms with Crippen molar-refractivity contribution < 1.29 is 13.2 Å². The van der Waals surface area contributed by atoms with Gasteiger partial charge in [0, 0.05) is 32.9 Å². The molecule has 0 fully saturated rings. The van der Waals surface area contributed by atoms with Crippen LogP contribution in [0.15, 0.2) is 29.2 Å². The van der Waals surface area contributed by atoms with Crippen LogP contribution in [-0.4, -0.2) is 45.7 Å². The van der Waals surface area contributed by atoms with Crippen LogP contribution in [0.4, 0.5) is 0 Å². The Hall–Kier alpha value is -1.11. The summed E-state index contributed by atoms with van der Waals surface area (Å²) in [6.45, 7) is 0.0861. The Kier molecular flexibility index (Phi) is 6.45. The fourth-order valence-electron chi connectivity index (χ4n) is 1.54. The highest BCUT2D eigenvalue weighted by molar-refractivity contribution is 7.89. The van der Waals surface area contributed by atoms with E-state index in [1.165, 1.54) is 17.0 Å². The number of rotatable bonds is 7. The number of aryl methyl sites for hydroxylation is 1. The quantitative estimate of drug-likeness (QED) is 0.769. The molecule has 20 heavy (non-hydrogen) atoms. The predicted molar refractivity (Wildman–Crippen MR) is 79.4 cm³/mol. The zero-order valence-corrected chi connectivity index (χ0v) is 13.2. The molecule has 1 rings (SSSR count). The van der Waals surface area contributed by atoms with Crippen LogP contribution in [0.3, 0.4) is 0 Å². The van der Waals surface area contributed by atoms with Crippen LogP contribution in [-0.2, 0) is 21.2 Å². The minimum Gasteiger partial charge on any atom is -0.349 e. The van der Waals surface area contributed by atoms with Crippen LogP contribution in [0.25, 0.3) is 0 Å². The Morgan fingerprint density at radius 1 is 1.25 bits per heavy atom. The molecule has 0 saturated carbocycles. The Morgan fingerprint density at radius 2 is 1.85 bits per heavy atom. The van der Waals surface area contributed by atoms with Crippen LogP contribution >= 0.6 is 11.6 Å². The third-order valence-corrected chi connectivity index (χ3v) is 4.41. The molecule has 1 amide bonds. The molecule has 1 aromatic rings. The van der Waals surface area contributed by atoms with Crippen LogP contribution in [0.2, 0.25) is 0 Å². The number of nitrogens with zero attached hydrogens (tertiary/aromatic N) is 1. The largest absolute Gasteiger partial charge is 0.349 e. The van der Waals surface area contributed by atoms with Gasteiger partial charge >= 0.3 is 0 Å². The average molecular weight is 319 g/mol. The number of carbonyl (C=O) groups is 1. The van der Waals surface area contributed by atoms with Crippen molar-refractivity contribution in [2.45, 2.75) is 17.7 Å². The van der Waals surface area contributed by atoms with Gasteiger partial charge in [-0.05, 0) is 24.1 Å². The van der Waals surface area contributed by atoms with Crippen molar-refractivity contribution in [2.75, 3.05) is 26.5 Å². The summed E-state index contributed by atoms with van der Waals surface area (Å²) in [5.41, 5.74) is 0.988. The van der Waals surface area contributed by atoms with Crippen molar-refractivity contribution in [2.24, 2.45) is 0 Å². The minimum atomic E-state index is -3.57. The van der Waals surface area contributed by atoms with E-state index in [1.807, 2.05) is 0 Å². The first-order valence-corrected chi connectivity index (χ1v) is 8.23. The standard InChI is InChI=1S/C13H19ClN2O3S/c1-16(2)13(17)8-10-15-20(18,19)12-5-3-11(4-6-12)7-9-14/h3-6,15H,7-10H2,1-2H3. The molecule has 7 heteroatoms. The lowest BCUT2D eigenvalue weighted by Gasteiger charge is -2.11. The molecule has 0 heterocycles. The molecule has 0 aliphatic carbocycles. The molecule has 0 unspecified atom stereocenters. The number of carbonyl (C=O) groups excluding carboxylic acids is 1. The third kappa shape index (κ3) is 5.11. The molecule has 0 aromatic heterocycles. The Bertz CT molecular complexity index is 541. The van der Waals surface area contributed by atoms with Gasteiger partial charge in [-0.25, -0.2) is 13.1 Å². The van der Waals surface area contributed by atoms with E-state index in [9.17, 15) is 13.2 Å². The van der Waals surface area contributed by atoms with Gasteiger partial charge < -0.3 is 4.90 Å². The normalized spacial score (nSPS) is 11.3. The SMILES string of the molecule is CN(C)C(=O)CCNS(=O)(=O)c1ccc(CCCl)cc1. The van der Waals surface area contributed by atoms with Crippen molar-refractivity contribution in [1.82, 2.24) is 9.62 Å². The summed E-state index contributed by atoms with van der Waals surface area (Å²) >= 11 is 5.62. The minimum absolute atomic E-state index is 0.0861. The van der Waals surface area contributed by atoms with Crippen LogP contribution in [0, 0.1) is 0 Å². The molecular formula is C13H19ClN2O3S. The second-order valence-electron chi connectivity index (χ2n) is 4.52. The van der Waals surface area contributed by atoms with Gasteiger partial charge in [0.05, 0.1) is 4.90 Å². The maximum absolute atomic E-state index is 12.0. The molecule has 0 atom stereocenters. The highest BCUT2D eigenvalue weighted by Gasteiger charge is 2.14.